The number of piperidine rings is 1. The predicted octanol–water partition coefficient (Wildman–Crippen LogP) is 4.73. The minimum atomic E-state index is -0.195. The molecule has 1 aromatic carbocycles. The zero-order chi connectivity index (χ0) is 22.7. The Morgan fingerprint density at radius 3 is 2.78 bits per heavy atom. The minimum Gasteiger partial charge on any atom is -0.337 e. The third kappa shape index (κ3) is 4.58. The lowest BCUT2D eigenvalue weighted by Gasteiger charge is -2.34. The smallest absolute Gasteiger partial charge is 0.265 e. The standard InChI is InChI=1S/C25H28N4O2S/c1-4-29(21-11-5-8-17(2)14-21)24(30)20-10-7-13-28(16-20)25(31)22-18(3)27-23(32-22)19-9-6-12-26-15-19/h5-6,8-9,11-12,14-15,20H,4,7,10,13,16H2,1-3H3. The van der Waals surface area contributed by atoms with Crippen LogP contribution in [-0.4, -0.2) is 46.3 Å². The number of hydrogen-bond donors (Lipinski definition) is 0. The average molecular weight is 449 g/mol. The van der Waals surface area contributed by atoms with E-state index in [4.69, 9.17) is 0 Å². The van der Waals surface area contributed by atoms with Gasteiger partial charge in [-0.2, -0.15) is 0 Å². The third-order valence-electron chi connectivity index (χ3n) is 5.85. The van der Waals surface area contributed by atoms with Gasteiger partial charge in [0, 0.05) is 43.3 Å². The summed E-state index contributed by atoms with van der Waals surface area (Å²) >= 11 is 1.40. The number of pyridine rings is 1. The van der Waals surface area contributed by atoms with Crippen LogP contribution in [0.5, 0.6) is 0 Å². The van der Waals surface area contributed by atoms with Crippen molar-refractivity contribution in [1.29, 1.82) is 0 Å². The number of hydrogen-bond acceptors (Lipinski definition) is 5. The molecule has 0 N–H and O–H groups in total. The SMILES string of the molecule is CCN(C(=O)C1CCCN(C(=O)c2sc(-c3cccnc3)nc2C)C1)c1cccc(C)c1. The molecular formula is C25H28N4O2S. The summed E-state index contributed by atoms with van der Waals surface area (Å²) in [5.74, 6) is -0.141. The summed E-state index contributed by atoms with van der Waals surface area (Å²) in [5, 5.41) is 0.792. The number of anilines is 1. The Kier molecular flexibility index (Phi) is 6.65. The van der Waals surface area contributed by atoms with Crippen LogP contribution in [0.25, 0.3) is 10.6 Å². The summed E-state index contributed by atoms with van der Waals surface area (Å²) in [6, 6.07) is 11.8. The molecule has 3 aromatic rings. The quantitative estimate of drug-likeness (QED) is 0.566. The van der Waals surface area contributed by atoms with Crippen molar-refractivity contribution in [2.45, 2.75) is 33.6 Å². The Bertz CT molecular complexity index is 1110. The van der Waals surface area contributed by atoms with Crippen LogP contribution in [0.2, 0.25) is 0 Å². The van der Waals surface area contributed by atoms with E-state index in [0.717, 1.165) is 40.4 Å². The largest absolute Gasteiger partial charge is 0.337 e. The topological polar surface area (TPSA) is 66.4 Å². The number of carbonyl (C=O) groups is 2. The van der Waals surface area contributed by atoms with Crippen LogP contribution in [0.4, 0.5) is 5.69 Å². The third-order valence-corrected chi connectivity index (χ3v) is 7.05. The normalized spacial score (nSPS) is 16.1. The van der Waals surface area contributed by atoms with Gasteiger partial charge in [0.05, 0.1) is 11.6 Å². The summed E-state index contributed by atoms with van der Waals surface area (Å²) in [4.78, 5) is 39.8. The average Bonchev–Trinajstić information content (AvgIpc) is 3.21. The summed E-state index contributed by atoms with van der Waals surface area (Å²) in [7, 11) is 0. The van der Waals surface area contributed by atoms with Crippen LogP contribution in [-0.2, 0) is 4.79 Å². The van der Waals surface area contributed by atoms with E-state index in [9.17, 15) is 9.59 Å². The van der Waals surface area contributed by atoms with Crippen molar-refractivity contribution in [3.05, 3.63) is 64.9 Å². The molecule has 4 rings (SSSR count). The number of nitrogens with zero attached hydrogens (tertiary/aromatic N) is 4. The van der Waals surface area contributed by atoms with Crippen LogP contribution >= 0.6 is 11.3 Å². The second kappa shape index (κ2) is 9.61. The van der Waals surface area contributed by atoms with E-state index in [-0.39, 0.29) is 17.7 Å². The number of rotatable bonds is 5. The van der Waals surface area contributed by atoms with Crippen LogP contribution < -0.4 is 4.90 Å². The van der Waals surface area contributed by atoms with E-state index in [1.54, 1.807) is 12.4 Å². The van der Waals surface area contributed by atoms with Gasteiger partial charge in [-0.3, -0.25) is 14.6 Å². The van der Waals surface area contributed by atoms with Gasteiger partial charge in [0.2, 0.25) is 5.91 Å². The molecule has 32 heavy (non-hydrogen) atoms. The van der Waals surface area contributed by atoms with E-state index in [1.165, 1.54) is 11.3 Å². The molecule has 0 bridgehead atoms. The van der Waals surface area contributed by atoms with Crippen molar-refractivity contribution < 1.29 is 9.59 Å². The van der Waals surface area contributed by atoms with Crippen molar-refractivity contribution in [2.24, 2.45) is 5.92 Å². The maximum absolute atomic E-state index is 13.4. The molecule has 166 valence electrons. The number of amides is 2. The lowest BCUT2D eigenvalue weighted by Crippen LogP contribution is -2.47. The van der Waals surface area contributed by atoms with Crippen molar-refractivity contribution in [2.75, 3.05) is 24.5 Å². The summed E-state index contributed by atoms with van der Waals surface area (Å²) in [6.07, 6.45) is 5.10. The first-order valence-corrected chi connectivity index (χ1v) is 11.8. The van der Waals surface area contributed by atoms with E-state index >= 15 is 0 Å². The van der Waals surface area contributed by atoms with Gasteiger partial charge in [-0.05, 0) is 63.4 Å². The van der Waals surface area contributed by atoms with Gasteiger partial charge in [-0.25, -0.2) is 4.98 Å². The van der Waals surface area contributed by atoms with Gasteiger partial charge < -0.3 is 9.80 Å². The highest BCUT2D eigenvalue weighted by atomic mass is 32.1. The van der Waals surface area contributed by atoms with Crippen LogP contribution in [0.3, 0.4) is 0 Å². The van der Waals surface area contributed by atoms with Gasteiger partial charge in [-0.1, -0.05) is 12.1 Å². The molecule has 1 fully saturated rings. The molecule has 1 aliphatic heterocycles. The molecule has 1 atom stereocenters. The summed E-state index contributed by atoms with van der Waals surface area (Å²) in [6.45, 7) is 7.60. The first-order valence-electron chi connectivity index (χ1n) is 11.0. The van der Waals surface area contributed by atoms with Gasteiger partial charge in [0.15, 0.2) is 0 Å². The molecule has 0 spiro atoms. The summed E-state index contributed by atoms with van der Waals surface area (Å²) in [5.41, 5.74) is 3.67. The first-order chi connectivity index (χ1) is 15.5. The fraction of sp³-hybridized carbons (Fsp3) is 0.360. The second-order valence-electron chi connectivity index (χ2n) is 8.19. The molecule has 1 saturated heterocycles. The van der Waals surface area contributed by atoms with E-state index in [0.29, 0.717) is 24.5 Å². The van der Waals surface area contributed by atoms with Crippen LogP contribution in [0, 0.1) is 19.8 Å². The summed E-state index contributed by atoms with van der Waals surface area (Å²) < 4.78 is 0. The fourth-order valence-electron chi connectivity index (χ4n) is 4.20. The highest BCUT2D eigenvalue weighted by Gasteiger charge is 2.33. The first kappa shape index (κ1) is 22.1. The molecule has 2 aromatic heterocycles. The van der Waals surface area contributed by atoms with Gasteiger partial charge in [-0.15, -0.1) is 11.3 Å². The molecule has 0 saturated carbocycles. The van der Waals surface area contributed by atoms with Crippen molar-refractivity contribution in [3.8, 4) is 10.6 Å². The Balaban J connectivity index is 1.51. The number of carbonyl (C=O) groups excluding carboxylic acids is 2. The van der Waals surface area contributed by atoms with Crippen molar-refractivity contribution in [1.82, 2.24) is 14.9 Å². The number of likely N-dealkylation sites (tertiary alicyclic amines) is 1. The minimum absolute atomic E-state index is 0.0359. The van der Waals surface area contributed by atoms with Gasteiger partial charge in [0.25, 0.3) is 5.91 Å². The maximum atomic E-state index is 13.4. The fourth-order valence-corrected chi connectivity index (χ4v) is 5.22. The number of aryl methyl sites for hydroxylation is 2. The molecule has 3 heterocycles. The molecular weight excluding hydrogens is 420 g/mol. The van der Waals surface area contributed by atoms with E-state index in [2.05, 4.69) is 9.97 Å². The predicted molar refractivity (Wildman–Crippen MR) is 128 cm³/mol. The van der Waals surface area contributed by atoms with Crippen molar-refractivity contribution in [3.63, 3.8) is 0 Å². The Labute approximate surface area is 192 Å². The van der Waals surface area contributed by atoms with Gasteiger partial charge >= 0.3 is 0 Å². The highest BCUT2D eigenvalue weighted by molar-refractivity contribution is 7.17. The lowest BCUT2D eigenvalue weighted by atomic mass is 9.96. The Morgan fingerprint density at radius 1 is 1.22 bits per heavy atom. The number of benzene rings is 1. The highest BCUT2D eigenvalue weighted by Crippen LogP contribution is 2.30. The molecule has 0 aliphatic carbocycles. The lowest BCUT2D eigenvalue weighted by molar-refractivity contribution is -0.123. The van der Waals surface area contributed by atoms with Crippen LogP contribution in [0.1, 0.15) is 40.7 Å². The molecule has 2 amide bonds. The Morgan fingerprint density at radius 2 is 2.06 bits per heavy atom. The molecule has 7 heteroatoms. The van der Waals surface area contributed by atoms with E-state index in [1.807, 2.05) is 67.0 Å². The van der Waals surface area contributed by atoms with Crippen molar-refractivity contribution >= 4 is 28.8 Å². The number of thiazole rings is 1. The van der Waals surface area contributed by atoms with E-state index < -0.39 is 0 Å². The molecule has 1 aliphatic rings. The molecule has 6 nitrogen and oxygen atoms in total. The van der Waals surface area contributed by atoms with Crippen LogP contribution in [0.15, 0.2) is 48.8 Å². The number of aromatic nitrogens is 2. The second-order valence-corrected chi connectivity index (χ2v) is 9.19. The molecule has 0 radical (unpaired) electrons. The molecule has 1 unspecified atom stereocenters. The van der Waals surface area contributed by atoms with Gasteiger partial charge in [0.1, 0.15) is 9.88 Å². The monoisotopic (exact) mass is 448 g/mol. The maximum Gasteiger partial charge on any atom is 0.265 e. The zero-order valence-electron chi connectivity index (χ0n) is 18.7. The zero-order valence-corrected chi connectivity index (χ0v) is 19.6. The Hall–Kier alpha value is -3.06.